The average Bonchev–Trinajstić information content (AvgIpc) is 2.74. The summed E-state index contributed by atoms with van der Waals surface area (Å²) in [5.41, 5.74) is 0.975. The molecule has 0 spiro atoms. The van der Waals surface area contributed by atoms with Crippen LogP contribution in [-0.2, 0) is 10.4 Å². The van der Waals surface area contributed by atoms with Gasteiger partial charge in [-0.1, -0.05) is 60.7 Å². The van der Waals surface area contributed by atoms with E-state index in [2.05, 4.69) is 4.90 Å². The van der Waals surface area contributed by atoms with Gasteiger partial charge in [0, 0.05) is 20.5 Å². The zero-order chi connectivity index (χ0) is 20.0. The van der Waals surface area contributed by atoms with Crippen molar-refractivity contribution in [1.29, 1.82) is 0 Å². The minimum absolute atomic E-state index is 0.178. The number of piperidine rings is 1. The van der Waals surface area contributed by atoms with Gasteiger partial charge in [-0.05, 0) is 55.9 Å². The maximum atomic E-state index is 11.9. The van der Waals surface area contributed by atoms with E-state index < -0.39 is 5.60 Å². The Bertz CT molecular complexity index is 698. The molecule has 3 rings (SSSR count). The van der Waals surface area contributed by atoms with Crippen LogP contribution in [0.2, 0.25) is 0 Å². The van der Waals surface area contributed by atoms with Crippen LogP contribution in [0.3, 0.4) is 0 Å². The highest BCUT2D eigenvalue weighted by atomic mass is 16.3. The normalized spacial score (nSPS) is 16.1. The van der Waals surface area contributed by atoms with E-state index in [1.54, 1.807) is 4.90 Å². The molecule has 2 aromatic rings. The van der Waals surface area contributed by atoms with Crippen molar-refractivity contribution in [3.05, 3.63) is 71.8 Å². The molecule has 0 saturated carbocycles. The third-order valence-electron chi connectivity index (χ3n) is 5.97. The molecular weight excluding hydrogens is 348 g/mol. The highest BCUT2D eigenvalue weighted by molar-refractivity contribution is 5.75. The van der Waals surface area contributed by atoms with Gasteiger partial charge in [-0.2, -0.15) is 0 Å². The van der Waals surface area contributed by atoms with Crippen molar-refractivity contribution in [3.8, 4) is 0 Å². The predicted octanol–water partition coefficient (Wildman–Crippen LogP) is 3.50. The summed E-state index contributed by atoms with van der Waals surface area (Å²) in [6, 6.07) is 20.1. The van der Waals surface area contributed by atoms with E-state index in [-0.39, 0.29) is 11.8 Å². The fraction of sp³-hybridized carbons (Fsp3) is 0.458. The summed E-state index contributed by atoms with van der Waals surface area (Å²) in [6.45, 7) is 2.87. The highest BCUT2D eigenvalue weighted by Crippen LogP contribution is 2.41. The summed E-state index contributed by atoms with van der Waals surface area (Å²) in [5.74, 6) is 0.370. The van der Waals surface area contributed by atoms with Crippen molar-refractivity contribution in [1.82, 2.24) is 9.80 Å². The van der Waals surface area contributed by atoms with E-state index in [1.165, 1.54) is 0 Å². The zero-order valence-electron chi connectivity index (χ0n) is 17.1. The van der Waals surface area contributed by atoms with E-state index >= 15 is 0 Å². The van der Waals surface area contributed by atoms with Crippen LogP contribution in [0.1, 0.15) is 36.8 Å². The Kier molecular flexibility index (Phi) is 6.87. The number of amides is 1. The number of carbonyl (C=O) groups excluding carboxylic acids is 1. The van der Waals surface area contributed by atoms with E-state index in [0.717, 1.165) is 50.0 Å². The van der Waals surface area contributed by atoms with Gasteiger partial charge in [0.05, 0.1) is 0 Å². The molecule has 1 heterocycles. The number of hydrogen-bond donors (Lipinski definition) is 1. The fourth-order valence-electron chi connectivity index (χ4n) is 4.27. The summed E-state index contributed by atoms with van der Waals surface area (Å²) >= 11 is 0. The quantitative estimate of drug-likeness (QED) is 0.799. The van der Waals surface area contributed by atoms with Crippen molar-refractivity contribution in [2.75, 3.05) is 33.7 Å². The molecule has 1 aliphatic rings. The molecule has 0 aliphatic carbocycles. The maximum absolute atomic E-state index is 11.9. The number of nitrogens with zero attached hydrogens (tertiary/aromatic N) is 2. The van der Waals surface area contributed by atoms with Gasteiger partial charge in [0.25, 0.3) is 0 Å². The van der Waals surface area contributed by atoms with Gasteiger partial charge in [0.1, 0.15) is 5.60 Å². The van der Waals surface area contributed by atoms with Gasteiger partial charge in [-0.25, -0.2) is 0 Å². The van der Waals surface area contributed by atoms with E-state index in [0.29, 0.717) is 6.42 Å². The Hall–Kier alpha value is -2.17. The predicted molar refractivity (Wildman–Crippen MR) is 113 cm³/mol. The van der Waals surface area contributed by atoms with Crippen LogP contribution >= 0.6 is 0 Å². The molecule has 1 saturated heterocycles. The minimum atomic E-state index is -0.963. The highest BCUT2D eigenvalue weighted by Gasteiger charge is 2.41. The van der Waals surface area contributed by atoms with Gasteiger partial charge in [0.2, 0.25) is 5.91 Å². The lowest BCUT2D eigenvalue weighted by atomic mass is 9.72. The van der Waals surface area contributed by atoms with Crippen molar-refractivity contribution in [2.24, 2.45) is 5.92 Å². The van der Waals surface area contributed by atoms with Crippen LogP contribution in [0.5, 0.6) is 0 Å². The SMILES string of the molecule is CN(C)C(=O)CCCN1CCC(C(O)(c2ccccc2)c2ccccc2)CC1. The summed E-state index contributed by atoms with van der Waals surface area (Å²) in [4.78, 5) is 15.8. The Labute approximate surface area is 168 Å². The molecule has 0 aromatic heterocycles. The molecule has 1 amide bonds. The number of hydrogen-bond acceptors (Lipinski definition) is 3. The van der Waals surface area contributed by atoms with Gasteiger partial charge in [0.15, 0.2) is 0 Å². The van der Waals surface area contributed by atoms with Crippen LogP contribution < -0.4 is 0 Å². The molecule has 28 heavy (non-hydrogen) atoms. The molecule has 1 aliphatic heterocycles. The van der Waals surface area contributed by atoms with Crippen molar-refractivity contribution >= 4 is 5.91 Å². The van der Waals surface area contributed by atoms with E-state index in [4.69, 9.17) is 0 Å². The third-order valence-corrected chi connectivity index (χ3v) is 5.97. The number of benzene rings is 2. The molecule has 0 radical (unpaired) electrons. The standard InChI is InChI=1S/C24H32N2O2/c1-25(2)23(27)14-9-17-26-18-15-22(16-19-26)24(28,20-10-5-3-6-11-20)21-12-7-4-8-13-21/h3-8,10-13,22,28H,9,14-19H2,1-2H3. The monoisotopic (exact) mass is 380 g/mol. The smallest absolute Gasteiger partial charge is 0.222 e. The molecule has 1 fully saturated rings. The number of rotatable bonds is 7. The lowest BCUT2D eigenvalue weighted by molar-refractivity contribution is -0.128. The van der Waals surface area contributed by atoms with Crippen LogP contribution in [0, 0.1) is 5.92 Å². The Morgan fingerprint density at radius 3 is 1.96 bits per heavy atom. The first-order valence-electron chi connectivity index (χ1n) is 10.3. The fourth-order valence-corrected chi connectivity index (χ4v) is 4.27. The first-order chi connectivity index (χ1) is 13.5. The Balaban J connectivity index is 1.67. The van der Waals surface area contributed by atoms with Crippen LogP contribution in [0.4, 0.5) is 0 Å². The van der Waals surface area contributed by atoms with Gasteiger partial charge >= 0.3 is 0 Å². The maximum Gasteiger partial charge on any atom is 0.222 e. The van der Waals surface area contributed by atoms with E-state index in [9.17, 15) is 9.90 Å². The number of aliphatic hydroxyl groups is 1. The van der Waals surface area contributed by atoms with Crippen molar-refractivity contribution < 1.29 is 9.90 Å². The molecule has 4 nitrogen and oxygen atoms in total. The first kappa shape index (κ1) is 20.6. The molecule has 0 unspecified atom stereocenters. The number of likely N-dealkylation sites (tertiary alicyclic amines) is 1. The summed E-state index contributed by atoms with van der Waals surface area (Å²) in [7, 11) is 3.61. The number of carbonyl (C=O) groups is 1. The summed E-state index contributed by atoms with van der Waals surface area (Å²) < 4.78 is 0. The molecule has 0 atom stereocenters. The van der Waals surface area contributed by atoms with Gasteiger partial charge in [-0.15, -0.1) is 0 Å². The van der Waals surface area contributed by atoms with Crippen molar-refractivity contribution in [2.45, 2.75) is 31.3 Å². The summed E-state index contributed by atoms with van der Waals surface area (Å²) in [6.07, 6.45) is 3.39. The zero-order valence-corrected chi connectivity index (χ0v) is 17.1. The molecule has 2 aromatic carbocycles. The topological polar surface area (TPSA) is 43.8 Å². The lowest BCUT2D eigenvalue weighted by Gasteiger charge is -2.42. The third kappa shape index (κ3) is 4.62. The van der Waals surface area contributed by atoms with Gasteiger partial charge < -0.3 is 14.9 Å². The van der Waals surface area contributed by atoms with E-state index in [1.807, 2.05) is 74.8 Å². The summed E-state index contributed by atoms with van der Waals surface area (Å²) in [5, 5.41) is 11.9. The van der Waals surface area contributed by atoms with Crippen LogP contribution in [0.15, 0.2) is 60.7 Å². The first-order valence-corrected chi connectivity index (χ1v) is 10.3. The minimum Gasteiger partial charge on any atom is -0.380 e. The average molecular weight is 381 g/mol. The lowest BCUT2D eigenvalue weighted by Crippen LogP contribution is -2.44. The van der Waals surface area contributed by atoms with Crippen LogP contribution in [-0.4, -0.2) is 54.5 Å². The Morgan fingerprint density at radius 1 is 1.00 bits per heavy atom. The van der Waals surface area contributed by atoms with Gasteiger partial charge in [-0.3, -0.25) is 4.79 Å². The molecule has 150 valence electrons. The molecule has 0 bridgehead atoms. The van der Waals surface area contributed by atoms with Crippen LogP contribution in [0.25, 0.3) is 0 Å². The largest absolute Gasteiger partial charge is 0.380 e. The molecular formula is C24H32N2O2. The second-order valence-corrected chi connectivity index (χ2v) is 8.01. The van der Waals surface area contributed by atoms with Crippen molar-refractivity contribution in [3.63, 3.8) is 0 Å². The molecule has 1 N–H and O–H groups in total. The second kappa shape index (κ2) is 9.35. The second-order valence-electron chi connectivity index (χ2n) is 8.01. The Morgan fingerprint density at radius 2 is 1.50 bits per heavy atom. The molecule has 4 heteroatoms.